The van der Waals surface area contributed by atoms with Gasteiger partial charge in [-0.25, -0.2) is 0 Å². The molecule has 0 aliphatic carbocycles. The minimum absolute atomic E-state index is 0.0414. The standard InChI is InChI=1S/C12H23N3O2/c1-9(16)8-12(15(5)11(3)17)10(2)14-7-6-13-4/h12-14H,2,6-8H2,1,3-5H3. The number of carbonyl (C=O) groups excluding carboxylic acids is 2. The fourth-order valence-electron chi connectivity index (χ4n) is 1.45. The average molecular weight is 241 g/mol. The highest BCUT2D eigenvalue weighted by Crippen LogP contribution is 2.10. The summed E-state index contributed by atoms with van der Waals surface area (Å²) in [7, 11) is 3.54. The molecule has 0 bridgehead atoms. The van der Waals surface area contributed by atoms with Crippen LogP contribution < -0.4 is 10.6 Å². The molecule has 0 radical (unpaired) electrons. The Morgan fingerprint density at radius 1 is 1.29 bits per heavy atom. The number of nitrogens with zero attached hydrogens (tertiary/aromatic N) is 1. The summed E-state index contributed by atoms with van der Waals surface area (Å²) in [5.74, 6) is -0.0347. The first-order valence-electron chi connectivity index (χ1n) is 5.70. The van der Waals surface area contributed by atoms with Crippen molar-refractivity contribution in [1.29, 1.82) is 0 Å². The number of carbonyl (C=O) groups is 2. The van der Waals surface area contributed by atoms with Crippen molar-refractivity contribution in [2.75, 3.05) is 27.2 Å². The molecule has 0 aromatic carbocycles. The van der Waals surface area contributed by atoms with Crippen LogP contribution in [0.5, 0.6) is 0 Å². The first-order chi connectivity index (χ1) is 7.90. The number of ketones is 1. The van der Waals surface area contributed by atoms with E-state index >= 15 is 0 Å². The van der Waals surface area contributed by atoms with E-state index in [0.717, 1.165) is 13.1 Å². The van der Waals surface area contributed by atoms with Crippen LogP contribution in [0.4, 0.5) is 0 Å². The predicted octanol–water partition coefficient (Wildman–Crippen LogP) is 0.135. The summed E-state index contributed by atoms with van der Waals surface area (Å²) in [5.41, 5.74) is 0.702. The highest BCUT2D eigenvalue weighted by molar-refractivity contribution is 5.79. The van der Waals surface area contributed by atoms with Gasteiger partial charge in [-0.05, 0) is 14.0 Å². The van der Waals surface area contributed by atoms with Crippen LogP contribution in [0.25, 0.3) is 0 Å². The van der Waals surface area contributed by atoms with Crippen molar-refractivity contribution < 1.29 is 9.59 Å². The molecule has 5 nitrogen and oxygen atoms in total. The molecule has 0 saturated heterocycles. The molecule has 0 aromatic heterocycles. The summed E-state index contributed by atoms with van der Waals surface area (Å²) in [4.78, 5) is 24.1. The smallest absolute Gasteiger partial charge is 0.219 e. The third-order valence-corrected chi connectivity index (χ3v) is 2.57. The number of hydrogen-bond acceptors (Lipinski definition) is 4. The Hall–Kier alpha value is -1.36. The fraction of sp³-hybridized carbons (Fsp3) is 0.667. The normalized spacial score (nSPS) is 11.8. The molecule has 2 N–H and O–H groups in total. The van der Waals surface area contributed by atoms with E-state index in [2.05, 4.69) is 17.2 Å². The minimum atomic E-state index is -0.276. The van der Waals surface area contributed by atoms with Gasteiger partial charge >= 0.3 is 0 Å². The first kappa shape index (κ1) is 15.6. The molecule has 0 spiro atoms. The van der Waals surface area contributed by atoms with E-state index < -0.39 is 0 Å². The van der Waals surface area contributed by atoms with Crippen LogP contribution >= 0.6 is 0 Å². The van der Waals surface area contributed by atoms with Crippen molar-refractivity contribution in [2.24, 2.45) is 0 Å². The number of hydrogen-bond donors (Lipinski definition) is 2. The maximum Gasteiger partial charge on any atom is 0.219 e. The Bertz CT molecular complexity index is 289. The average Bonchev–Trinajstić information content (AvgIpc) is 2.24. The lowest BCUT2D eigenvalue weighted by atomic mass is 10.1. The molecule has 5 heteroatoms. The lowest BCUT2D eigenvalue weighted by Crippen LogP contribution is -2.42. The van der Waals surface area contributed by atoms with Crippen molar-refractivity contribution in [3.05, 3.63) is 12.3 Å². The molecule has 0 heterocycles. The van der Waals surface area contributed by atoms with E-state index in [1.54, 1.807) is 7.05 Å². The maximum absolute atomic E-state index is 11.3. The third-order valence-electron chi connectivity index (χ3n) is 2.57. The van der Waals surface area contributed by atoms with Crippen LogP contribution in [0.15, 0.2) is 12.3 Å². The van der Waals surface area contributed by atoms with Crippen LogP contribution in [0.3, 0.4) is 0 Å². The zero-order chi connectivity index (χ0) is 13.4. The van der Waals surface area contributed by atoms with E-state index in [0.29, 0.717) is 12.1 Å². The van der Waals surface area contributed by atoms with Crippen molar-refractivity contribution >= 4 is 11.7 Å². The second kappa shape index (κ2) is 7.84. The van der Waals surface area contributed by atoms with E-state index in [1.807, 2.05) is 7.05 Å². The zero-order valence-electron chi connectivity index (χ0n) is 11.2. The highest BCUT2D eigenvalue weighted by atomic mass is 16.2. The Morgan fingerprint density at radius 2 is 1.88 bits per heavy atom. The van der Waals surface area contributed by atoms with Gasteiger partial charge in [0.2, 0.25) is 5.91 Å². The molecule has 98 valence electrons. The molecule has 0 rings (SSSR count). The number of Topliss-reactive ketones (excluding diaryl/α,β-unsaturated/α-hetero) is 1. The summed E-state index contributed by atoms with van der Waals surface area (Å²) in [6.07, 6.45) is 0.293. The Balaban J connectivity index is 4.50. The molecule has 0 saturated carbocycles. The van der Waals surface area contributed by atoms with Crippen molar-refractivity contribution in [1.82, 2.24) is 15.5 Å². The fourth-order valence-corrected chi connectivity index (χ4v) is 1.45. The third kappa shape index (κ3) is 6.06. The molecule has 0 aliphatic heterocycles. The molecule has 1 amide bonds. The van der Waals surface area contributed by atoms with Crippen LogP contribution in [0.1, 0.15) is 20.3 Å². The number of amides is 1. The lowest BCUT2D eigenvalue weighted by molar-refractivity contribution is -0.129. The predicted molar refractivity (Wildman–Crippen MR) is 68.6 cm³/mol. The SMILES string of the molecule is C=C(NCCNC)C(CC(C)=O)N(C)C(C)=O. The van der Waals surface area contributed by atoms with Crippen molar-refractivity contribution in [3.63, 3.8) is 0 Å². The molecule has 17 heavy (non-hydrogen) atoms. The van der Waals surface area contributed by atoms with Crippen molar-refractivity contribution in [2.45, 2.75) is 26.3 Å². The number of likely N-dealkylation sites (N-methyl/N-ethyl adjacent to an activating group) is 2. The molecule has 0 aliphatic rings. The second-order valence-electron chi connectivity index (χ2n) is 4.11. The summed E-state index contributed by atoms with van der Waals surface area (Å²) in [5, 5.41) is 6.13. The topological polar surface area (TPSA) is 61.4 Å². The van der Waals surface area contributed by atoms with Gasteiger partial charge in [0.05, 0.1) is 6.04 Å². The summed E-state index contributed by atoms with van der Waals surface area (Å²) in [6.45, 7) is 8.41. The van der Waals surface area contributed by atoms with E-state index in [9.17, 15) is 9.59 Å². The van der Waals surface area contributed by atoms with Gasteiger partial charge in [0.15, 0.2) is 0 Å². The lowest BCUT2D eigenvalue weighted by Gasteiger charge is -2.29. The summed E-state index contributed by atoms with van der Waals surface area (Å²) >= 11 is 0. The van der Waals surface area contributed by atoms with E-state index in [1.165, 1.54) is 18.7 Å². The first-order valence-corrected chi connectivity index (χ1v) is 5.70. The summed E-state index contributed by atoms with van der Waals surface area (Å²) in [6, 6.07) is -0.276. The maximum atomic E-state index is 11.3. The van der Waals surface area contributed by atoms with Crippen LogP contribution in [0.2, 0.25) is 0 Å². The Morgan fingerprint density at radius 3 is 2.29 bits per heavy atom. The zero-order valence-corrected chi connectivity index (χ0v) is 11.2. The van der Waals surface area contributed by atoms with Crippen LogP contribution in [-0.4, -0.2) is 49.8 Å². The van der Waals surface area contributed by atoms with E-state index in [4.69, 9.17) is 0 Å². The van der Waals surface area contributed by atoms with Gasteiger partial charge in [-0.15, -0.1) is 0 Å². The Kier molecular flexibility index (Phi) is 7.21. The summed E-state index contributed by atoms with van der Waals surface area (Å²) < 4.78 is 0. The van der Waals surface area contributed by atoms with Gasteiger partial charge in [-0.1, -0.05) is 6.58 Å². The van der Waals surface area contributed by atoms with Gasteiger partial charge in [0.1, 0.15) is 5.78 Å². The number of rotatable bonds is 8. The molecule has 0 fully saturated rings. The van der Waals surface area contributed by atoms with Gasteiger partial charge in [0, 0.05) is 39.2 Å². The molecule has 1 atom stereocenters. The molecular formula is C12H23N3O2. The molecule has 1 unspecified atom stereocenters. The van der Waals surface area contributed by atoms with Gasteiger partial charge in [0.25, 0.3) is 0 Å². The monoisotopic (exact) mass is 241 g/mol. The minimum Gasteiger partial charge on any atom is -0.386 e. The van der Waals surface area contributed by atoms with Gasteiger partial charge in [-0.2, -0.15) is 0 Å². The van der Waals surface area contributed by atoms with Gasteiger partial charge < -0.3 is 15.5 Å². The molecule has 0 aromatic rings. The second-order valence-corrected chi connectivity index (χ2v) is 4.11. The largest absolute Gasteiger partial charge is 0.386 e. The highest BCUT2D eigenvalue weighted by Gasteiger charge is 2.21. The number of nitrogens with one attached hydrogen (secondary N) is 2. The van der Waals surface area contributed by atoms with E-state index in [-0.39, 0.29) is 17.7 Å². The van der Waals surface area contributed by atoms with Gasteiger partial charge in [-0.3, -0.25) is 9.59 Å². The quantitative estimate of drug-likeness (QED) is 0.593. The molecular weight excluding hydrogens is 218 g/mol. The Labute approximate surface area is 103 Å². The van der Waals surface area contributed by atoms with Crippen LogP contribution in [0, 0.1) is 0 Å². The van der Waals surface area contributed by atoms with Crippen molar-refractivity contribution in [3.8, 4) is 0 Å². The van der Waals surface area contributed by atoms with Crippen LogP contribution in [-0.2, 0) is 9.59 Å².